The van der Waals surface area contributed by atoms with E-state index in [0.717, 1.165) is 17.8 Å². The SMILES string of the molecule is C=C(Cl)/C(=C/Nc1ccccc1)CN(C)C. The third-order valence-electron chi connectivity index (χ3n) is 2.02. The molecule has 0 aliphatic heterocycles. The lowest BCUT2D eigenvalue weighted by molar-refractivity contribution is 0.448. The molecule has 0 aliphatic carbocycles. The Balaban J connectivity index is 2.68. The van der Waals surface area contributed by atoms with Crippen molar-refractivity contribution in [3.63, 3.8) is 0 Å². The molecule has 0 saturated carbocycles. The Morgan fingerprint density at radius 1 is 1.38 bits per heavy atom. The number of rotatable bonds is 5. The largest absolute Gasteiger partial charge is 0.361 e. The van der Waals surface area contributed by atoms with Gasteiger partial charge in [-0.1, -0.05) is 36.4 Å². The number of anilines is 1. The van der Waals surface area contributed by atoms with Crippen LogP contribution in [0.2, 0.25) is 0 Å². The van der Waals surface area contributed by atoms with E-state index in [-0.39, 0.29) is 0 Å². The molecule has 16 heavy (non-hydrogen) atoms. The zero-order valence-electron chi connectivity index (χ0n) is 9.70. The Morgan fingerprint density at radius 3 is 2.50 bits per heavy atom. The lowest BCUT2D eigenvalue weighted by Gasteiger charge is -2.12. The van der Waals surface area contributed by atoms with Crippen LogP contribution in [0, 0.1) is 0 Å². The summed E-state index contributed by atoms with van der Waals surface area (Å²) in [5, 5.41) is 3.76. The fraction of sp³-hybridized carbons (Fsp3) is 0.231. The average Bonchev–Trinajstić information content (AvgIpc) is 2.25. The summed E-state index contributed by atoms with van der Waals surface area (Å²) in [5.41, 5.74) is 2.02. The van der Waals surface area contributed by atoms with Gasteiger partial charge in [0.25, 0.3) is 0 Å². The van der Waals surface area contributed by atoms with Gasteiger partial charge in [0.15, 0.2) is 0 Å². The summed E-state index contributed by atoms with van der Waals surface area (Å²) >= 11 is 5.92. The van der Waals surface area contributed by atoms with Gasteiger partial charge >= 0.3 is 0 Å². The Bertz CT molecular complexity index is 369. The number of halogens is 1. The predicted octanol–water partition coefficient (Wildman–Crippen LogP) is 3.30. The van der Waals surface area contributed by atoms with Gasteiger partial charge in [-0.15, -0.1) is 0 Å². The van der Waals surface area contributed by atoms with Gasteiger partial charge in [0.1, 0.15) is 0 Å². The number of hydrogen-bond acceptors (Lipinski definition) is 2. The fourth-order valence-corrected chi connectivity index (χ4v) is 1.37. The van der Waals surface area contributed by atoms with Crippen LogP contribution in [-0.4, -0.2) is 25.5 Å². The Kier molecular flexibility index (Phi) is 5.09. The first-order valence-electron chi connectivity index (χ1n) is 5.09. The first-order valence-corrected chi connectivity index (χ1v) is 5.47. The molecule has 86 valence electrons. The normalized spacial score (nSPS) is 11.6. The minimum Gasteiger partial charge on any atom is -0.361 e. The van der Waals surface area contributed by atoms with E-state index in [0.29, 0.717) is 5.03 Å². The molecule has 3 heteroatoms. The molecule has 1 N–H and O–H groups in total. The van der Waals surface area contributed by atoms with Crippen LogP contribution in [0.1, 0.15) is 0 Å². The molecule has 1 aromatic carbocycles. The lowest BCUT2D eigenvalue weighted by atomic mass is 10.2. The number of nitrogens with zero attached hydrogens (tertiary/aromatic N) is 1. The smallest absolute Gasteiger partial charge is 0.0393 e. The van der Waals surface area contributed by atoms with E-state index in [1.54, 1.807) is 0 Å². The van der Waals surface area contributed by atoms with Crippen LogP contribution in [0.3, 0.4) is 0 Å². The first kappa shape index (κ1) is 12.8. The van der Waals surface area contributed by atoms with E-state index >= 15 is 0 Å². The lowest BCUT2D eigenvalue weighted by Crippen LogP contribution is -2.15. The number of likely N-dealkylation sites (N-methyl/N-ethyl adjacent to an activating group) is 1. The summed E-state index contributed by atoms with van der Waals surface area (Å²) in [6, 6.07) is 9.95. The molecule has 0 atom stereocenters. The number of hydrogen-bond donors (Lipinski definition) is 1. The summed E-state index contributed by atoms with van der Waals surface area (Å²) in [6.07, 6.45) is 1.89. The van der Waals surface area contributed by atoms with Crippen LogP contribution in [-0.2, 0) is 0 Å². The molecule has 0 aliphatic rings. The van der Waals surface area contributed by atoms with E-state index in [9.17, 15) is 0 Å². The molecule has 0 amide bonds. The second-order valence-electron chi connectivity index (χ2n) is 3.82. The summed E-state index contributed by atoms with van der Waals surface area (Å²) < 4.78 is 0. The number of para-hydroxylation sites is 1. The van der Waals surface area contributed by atoms with Gasteiger partial charge in [0, 0.05) is 29.0 Å². The van der Waals surface area contributed by atoms with Crippen LogP contribution >= 0.6 is 11.6 Å². The topological polar surface area (TPSA) is 15.3 Å². The highest BCUT2D eigenvalue weighted by Gasteiger charge is 2.01. The Morgan fingerprint density at radius 2 is 2.00 bits per heavy atom. The number of benzene rings is 1. The maximum atomic E-state index is 5.92. The zero-order valence-corrected chi connectivity index (χ0v) is 10.5. The van der Waals surface area contributed by atoms with Gasteiger partial charge in [0.2, 0.25) is 0 Å². The van der Waals surface area contributed by atoms with Gasteiger partial charge in [0.05, 0.1) is 0 Å². The zero-order chi connectivity index (χ0) is 12.0. The summed E-state index contributed by atoms with van der Waals surface area (Å²) in [6.45, 7) is 4.52. The highest BCUT2D eigenvalue weighted by atomic mass is 35.5. The van der Waals surface area contributed by atoms with Crippen LogP contribution in [0.5, 0.6) is 0 Å². The summed E-state index contributed by atoms with van der Waals surface area (Å²) in [7, 11) is 3.99. The third-order valence-corrected chi connectivity index (χ3v) is 2.26. The second-order valence-corrected chi connectivity index (χ2v) is 4.28. The quantitative estimate of drug-likeness (QED) is 0.790. The van der Waals surface area contributed by atoms with E-state index in [4.69, 9.17) is 11.6 Å². The van der Waals surface area contributed by atoms with E-state index in [2.05, 4.69) is 11.9 Å². The van der Waals surface area contributed by atoms with Crippen molar-refractivity contribution >= 4 is 17.3 Å². The maximum Gasteiger partial charge on any atom is 0.0393 e. The standard InChI is InChI=1S/C13H17ClN2/c1-11(14)12(10-16(2)3)9-15-13-7-5-4-6-8-13/h4-9,15H,1,10H2,2-3H3/b12-9+. The minimum atomic E-state index is 0.567. The van der Waals surface area contributed by atoms with Crippen molar-refractivity contribution in [2.24, 2.45) is 0 Å². The van der Waals surface area contributed by atoms with Gasteiger partial charge in [-0.25, -0.2) is 0 Å². The van der Waals surface area contributed by atoms with Crippen molar-refractivity contribution in [1.29, 1.82) is 0 Å². The van der Waals surface area contributed by atoms with Gasteiger partial charge in [-0.05, 0) is 26.2 Å². The Hall–Kier alpha value is -1.25. The van der Waals surface area contributed by atoms with Crippen molar-refractivity contribution in [2.45, 2.75) is 0 Å². The minimum absolute atomic E-state index is 0.567. The molecule has 2 nitrogen and oxygen atoms in total. The van der Waals surface area contributed by atoms with E-state index < -0.39 is 0 Å². The van der Waals surface area contributed by atoms with Crippen LogP contribution in [0.25, 0.3) is 0 Å². The third kappa shape index (κ3) is 4.51. The van der Waals surface area contributed by atoms with Crippen LogP contribution in [0.4, 0.5) is 5.69 Å². The first-order chi connectivity index (χ1) is 7.59. The molecule has 1 rings (SSSR count). The van der Waals surface area contributed by atoms with Gasteiger partial charge in [-0.3, -0.25) is 0 Å². The van der Waals surface area contributed by atoms with Crippen LogP contribution < -0.4 is 5.32 Å². The van der Waals surface area contributed by atoms with Crippen molar-refractivity contribution in [3.8, 4) is 0 Å². The van der Waals surface area contributed by atoms with E-state index in [1.165, 1.54) is 0 Å². The monoisotopic (exact) mass is 236 g/mol. The molecule has 0 aromatic heterocycles. The fourth-order valence-electron chi connectivity index (χ4n) is 1.26. The van der Waals surface area contributed by atoms with E-state index in [1.807, 2.05) is 55.5 Å². The molecule has 1 aromatic rings. The van der Waals surface area contributed by atoms with Gasteiger partial charge < -0.3 is 10.2 Å². The molecule has 0 fully saturated rings. The molecule has 0 heterocycles. The molecule has 0 unspecified atom stereocenters. The number of nitrogens with one attached hydrogen (secondary N) is 1. The maximum absolute atomic E-state index is 5.92. The molecular formula is C13H17ClN2. The second kappa shape index (κ2) is 6.36. The molecule has 0 saturated heterocycles. The highest BCUT2D eigenvalue weighted by Crippen LogP contribution is 2.14. The van der Waals surface area contributed by atoms with Crippen molar-refractivity contribution in [3.05, 3.63) is 53.7 Å². The predicted molar refractivity (Wildman–Crippen MR) is 71.7 cm³/mol. The average molecular weight is 237 g/mol. The summed E-state index contributed by atoms with van der Waals surface area (Å²) in [4.78, 5) is 2.05. The molecule has 0 spiro atoms. The molecular weight excluding hydrogens is 220 g/mol. The van der Waals surface area contributed by atoms with Crippen molar-refractivity contribution in [2.75, 3.05) is 26.0 Å². The molecule has 0 radical (unpaired) electrons. The summed E-state index contributed by atoms with van der Waals surface area (Å²) in [5.74, 6) is 0. The van der Waals surface area contributed by atoms with Crippen molar-refractivity contribution in [1.82, 2.24) is 4.90 Å². The van der Waals surface area contributed by atoms with Crippen LogP contribution in [0.15, 0.2) is 53.7 Å². The van der Waals surface area contributed by atoms with Gasteiger partial charge in [-0.2, -0.15) is 0 Å². The molecule has 0 bridgehead atoms. The highest BCUT2D eigenvalue weighted by molar-refractivity contribution is 6.31. The Labute approximate surface area is 102 Å². The van der Waals surface area contributed by atoms with Crippen molar-refractivity contribution < 1.29 is 0 Å².